The summed E-state index contributed by atoms with van der Waals surface area (Å²) in [6, 6.07) is 2.02. The number of aromatic nitrogens is 2. The lowest BCUT2D eigenvalue weighted by molar-refractivity contribution is 0.278. The number of hydrogen-bond acceptors (Lipinski definition) is 2. The maximum atomic E-state index is 13.2. The van der Waals surface area contributed by atoms with Gasteiger partial charge in [-0.2, -0.15) is 5.10 Å². The molecule has 0 saturated heterocycles. The third-order valence-corrected chi connectivity index (χ3v) is 2.74. The van der Waals surface area contributed by atoms with Gasteiger partial charge in [0.25, 0.3) is 0 Å². The van der Waals surface area contributed by atoms with E-state index in [9.17, 15) is 4.39 Å². The van der Waals surface area contributed by atoms with E-state index in [1.807, 2.05) is 13.0 Å². The number of aryl methyl sites for hydroxylation is 1. The Kier molecular flexibility index (Phi) is 2.82. The van der Waals surface area contributed by atoms with Crippen LogP contribution in [0, 0.1) is 6.92 Å². The van der Waals surface area contributed by atoms with Gasteiger partial charge >= 0.3 is 0 Å². The van der Waals surface area contributed by atoms with Crippen molar-refractivity contribution < 1.29 is 4.39 Å². The largest absolute Gasteiger partial charge is 0.305 e. The van der Waals surface area contributed by atoms with Gasteiger partial charge in [0, 0.05) is 18.3 Å². The highest BCUT2D eigenvalue weighted by Crippen LogP contribution is 2.22. The molecule has 1 aliphatic rings. The summed E-state index contributed by atoms with van der Waals surface area (Å²) < 4.78 is 13.2. The Morgan fingerprint density at radius 3 is 3.07 bits per heavy atom. The van der Waals surface area contributed by atoms with Crippen molar-refractivity contribution in [3.63, 3.8) is 0 Å². The minimum Gasteiger partial charge on any atom is -0.305 e. The quantitative estimate of drug-likeness (QED) is 0.774. The van der Waals surface area contributed by atoms with Crippen molar-refractivity contribution in [3.05, 3.63) is 17.5 Å². The summed E-state index contributed by atoms with van der Waals surface area (Å²) >= 11 is 0. The summed E-state index contributed by atoms with van der Waals surface area (Å²) in [5.41, 5.74) is 2.01. The number of nitrogens with zero attached hydrogens (tertiary/aromatic N) is 1. The van der Waals surface area contributed by atoms with Crippen molar-refractivity contribution in [2.75, 3.05) is 0 Å². The minimum atomic E-state index is -0.671. The molecule has 0 aliphatic heterocycles. The molecule has 1 aliphatic carbocycles. The Bertz CT molecular complexity index is 297. The van der Waals surface area contributed by atoms with Gasteiger partial charge in [0.2, 0.25) is 0 Å². The predicted molar refractivity (Wildman–Crippen MR) is 52.7 cm³/mol. The third-order valence-electron chi connectivity index (χ3n) is 2.74. The average molecular weight is 197 g/mol. The van der Waals surface area contributed by atoms with Crippen molar-refractivity contribution in [2.24, 2.45) is 0 Å². The molecule has 0 aromatic carbocycles. The van der Waals surface area contributed by atoms with E-state index in [2.05, 4.69) is 15.5 Å². The molecule has 1 fully saturated rings. The summed E-state index contributed by atoms with van der Waals surface area (Å²) in [5, 5.41) is 10.2. The van der Waals surface area contributed by atoms with E-state index < -0.39 is 6.17 Å². The summed E-state index contributed by atoms with van der Waals surface area (Å²) in [6.45, 7) is 2.62. The highest BCUT2D eigenvalue weighted by atomic mass is 19.1. The highest BCUT2D eigenvalue weighted by Gasteiger charge is 2.26. The SMILES string of the molecule is Cc1cc(CN[C@@H]2CCC[C@@H]2F)n[nH]1. The average Bonchev–Trinajstić information content (AvgIpc) is 2.72. The zero-order chi connectivity index (χ0) is 9.97. The molecular weight excluding hydrogens is 181 g/mol. The van der Waals surface area contributed by atoms with E-state index in [0.29, 0.717) is 13.0 Å². The Labute approximate surface area is 83.1 Å². The molecule has 2 atom stereocenters. The van der Waals surface area contributed by atoms with Gasteiger partial charge in [0.05, 0.1) is 5.69 Å². The Morgan fingerprint density at radius 2 is 2.50 bits per heavy atom. The fourth-order valence-corrected chi connectivity index (χ4v) is 1.95. The zero-order valence-corrected chi connectivity index (χ0v) is 8.39. The molecule has 0 bridgehead atoms. The van der Waals surface area contributed by atoms with E-state index in [-0.39, 0.29) is 6.04 Å². The Morgan fingerprint density at radius 1 is 1.64 bits per heavy atom. The first kappa shape index (κ1) is 9.65. The first-order valence-electron chi connectivity index (χ1n) is 5.14. The molecule has 14 heavy (non-hydrogen) atoms. The number of aromatic amines is 1. The van der Waals surface area contributed by atoms with Crippen LogP contribution in [0.1, 0.15) is 30.7 Å². The monoisotopic (exact) mass is 197 g/mol. The van der Waals surface area contributed by atoms with Crippen molar-refractivity contribution in [1.29, 1.82) is 0 Å². The van der Waals surface area contributed by atoms with E-state index in [0.717, 1.165) is 24.2 Å². The topological polar surface area (TPSA) is 40.7 Å². The van der Waals surface area contributed by atoms with Gasteiger partial charge in [0.15, 0.2) is 0 Å². The number of H-pyrrole nitrogens is 1. The molecule has 2 rings (SSSR count). The molecule has 0 amide bonds. The number of rotatable bonds is 3. The molecular formula is C10H16FN3. The molecule has 1 heterocycles. The van der Waals surface area contributed by atoms with Gasteiger partial charge < -0.3 is 5.32 Å². The lowest BCUT2D eigenvalue weighted by atomic mass is 10.2. The standard InChI is InChI=1S/C10H16FN3/c1-7-5-8(14-13-7)6-12-10-4-2-3-9(10)11/h5,9-10,12H,2-4,6H2,1H3,(H,13,14)/t9-,10+/m0/s1. The van der Waals surface area contributed by atoms with Gasteiger partial charge in [-0.25, -0.2) is 4.39 Å². The van der Waals surface area contributed by atoms with Gasteiger partial charge in [0.1, 0.15) is 6.17 Å². The molecule has 1 saturated carbocycles. The molecule has 3 nitrogen and oxygen atoms in total. The van der Waals surface area contributed by atoms with Crippen LogP contribution in [0.4, 0.5) is 4.39 Å². The van der Waals surface area contributed by atoms with E-state index in [1.54, 1.807) is 0 Å². The number of nitrogens with one attached hydrogen (secondary N) is 2. The fraction of sp³-hybridized carbons (Fsp3) is 0.700. The Hall–Kier alpha value is -0.900. The van der Waals surface area contributed by atoms with Crippen molar-refractivity contribution in [3.8, 4) is 0 Å². The fourth-order valence-electron chi connectivity index (χ4n) is 1.95. The van der Waals surface area contributed by atoms with Gasteiger partial charge in [-0.1, -0.05) is 0 Å². The van der Waals surface area contributed by atoms with Gasteiger partial charge in [-0.15, -0.1) is 0 Å². The first-order valence-corrected chi connectivity index (χ1v) is 5.14. The van der Waals surface area contributed by atoms with Crippen molar-refractivity contribution in [2.45, 2.75) is 44.9 Å². The van der Waals surface area contributed by atoms with E-state index in [1.165, 1.54) is 0 Å². The Balaban J connectivity index is 1.82. The molecule has 1 aromatic heterocycles. The summed E-state index contributed by atoms with van der Waals surface area (Å²) in [5.74, 6) is 0. The zero-order valence-electron chi connectivity index (χ0n) is 8.39. The van der Waals surface area contributed by atoms with Gasteiger partial charge in [-0.05, 0) is 32.3 Å². The number of alkyl halides is 1. The van der Waals surface area contributed by atoms with Crippen LogP contribution in [0.3, 0.4) is 0 Å². The van der Waals surface area contributed by atoms with Crippen molar-refractivity contribution in [1.82, 2.24) is 15.5 Å². The molecule has 0 unspecified atom stereocenters. The van der Waals surface area contributed by atoms with Crippen LogP contribution in [0.5, 0.6) is 0 Å². The van der Waals surface area contributed by atoms with Crippen LogP contribution in [-0.2, 0) is 6.54 Å². The van der Waals surface area contributed by atoms with Crippen molar-refractivity contribution >= 4 is 0 Å². The smallest absolute Gasteiger partial charge is 0.115 e. The lowest BCUT2D eigenvalue weighted by Gasteiger charge is -2.13. The summed E-state index contributed by atoms with van der Waals surface area (Å²) in [4.78, 5) is 0. The molecule has 2 N–H and O–H groups in total. The number of halogens is 1. The highest BCUT2D eigenvalue weighted by molar-refractivity contribution is 5.06. The summed E-state index contributed by atoms with van der Waals surface area (Å²) in [6.07, 6.45) is 1.98. The number of hydrogen-bond donors (Lipinski definition) is 2. The van der Waals surface area contributed by atoms with E-state index in [4.69, 9.17) is 0 Å². The first-order chi connectivity index (χ1) is 6.75. The van der Waals surface area contributed by atoms with E-state index >= 15 is 0 Å². The van der Waals surface area contributed by atoms with Crippen LogP contribution in [0.25, 0.3) is 0 Å². The third kappa shape index (κ3) is 2.12. The second-order valence-corrected chi connectivity index (χ2v) is 3.98. The molecule has 4 heteroatoms. The van der Waals surface area contributed by atoms with Crippen LogP contribution in [-0.4, -0.2) is 22.4 Å². The maximum Gasteiger partial charge on any atom is 0.115 e. The van der Waals surface area contributed by atoms with Crippen LogP contribution in [0.15, 0.2) is 6.07 Å². The predicted octanol–water partition coefficient (Wildman–Crippen LogP) is 1.70. The van der Waals surface area contributed by atoms with Crippen LogP contribution < -0.4 is 5.32 Å². The second-order valence-electron chi connectivity index (χ2n) is 3.98. The lowest BCUT2D eigenvalue weighted by Crippen LogP contribution is -2.32. The molecule has 78 valence electrons. The molecule has 1 aromatic rings. The van der Waals surface area contributed by atoms with Crippen LogP contribution in [0.2, 0.25) is 0 Å². The van der Waals surface area contributed by atoms with Crippen LogP contribution >= 0.6 is 0 Å². The second kappa shape index (κ2) is 4.09. The normalized spacial score (nSPS) is 27.0. The molecule has 0 spiro atoms. The van der Waals surface area contributed by atoms with Gasteiger partial charge in [-0.3, -0.25) is 5.10 Å². The summed E-state index contributed by atoms with van der Waals surface area (Å²) in [7, 11) is 0. The minimum absolute atomic E-state index is 0.0343. The molecule has 0 radical (unpaired) electrons. The maximum absolute atomic E-state index is 13.2.